The van der Waals surface area contributed by atoms with Crippen LogP contribution >= 0.6 is 0 Å². The van der Waals surface area contributed by atoms with Gasteiger partial charge in [0.15, 0.2) is 0 Å². The Kier molecular flexibility index (Phi) is 3.60. The van der Waals surface area contributed by atoms with Gasteiger partial charge in [0, 0.05) is 6.20 Å². The van der Waals surface area contributed by atoms with Crippen molar-refractivity contribution in [2.75, 3.05) is 0 Å². The number of hydrogen-bond acceptors (Lipinski definition) is 2. The fourth-order valence-electron chi connectivity index (χ4n) is 1.56. The van der Waals surface area contributed by atoms with E-state index >= 15 is 0 Å². The molecule has 0 radical (unpaired) electrons. The first-order valence-electron chi connectivity index (χ1n) is 5.68. The highest BCUT2D eigenvalue weighted by atomic mass is 16.5. The van der Waals surface area contributed by atoms with Crippen molar-refractivity contribution in [3.63, 3.8) is 0 Å². The number of aryl methyl sites for hydroxylation is 1. The first kappa shape index (κ1) is 11.5. The Hall–Kier alpha value is -2.03. The molecule has 1 heterocycles. The van der Waals surface area contributed by atoms with Crippen molar-refractivity contribution in [1.29, 1.82) is 0 Å². The van der Waals surface area contributed by atoms with E-state index in [4.69, 9.17) is 4.74 Å². The first-order chi connectivity index (χ1) is 8.29. The summed E-state index contributed by atoms with van der Waals surface area (Å²) in [6.07, 6.45) is 2.72. The smallest absolute Gasteiger partial charge is 0.355 e. The number of carbonyl (C=O) groups is 1. The molecule has 0 atom stereocenters. The van der Waals surface area contributed by atoms with Crippen molar-refractivity contribution >= 4 is 5.97 Å². The second kappa shape index (κ2) is 5.34. The molecule has 0 saturated heterocycles. The molecule has 88 valence electrons. The minimum Gasteiger partial charge on any atom is -0.456 e. The Balaban J connectivity index is 1.91. The van der Waals surface area contributed by atoms with Crippen LogP contribution in [0.25, 0.3) is 0 Å². The lowest BCUT2D eigenvalue weighted by atomic mass is 10.1. The van der Waals surface area contributed by atoms with E-state index in [0.717, 1.165) is 12.0 Å². The highest BCUT2D eigenvalue weighted by molar-refractivity contribution is 5.87. The van der Waals surface area contributed by atoms with E-state index in [1.54, 1.807) is 18.3 Å². The van der Waals surface area contributed by atoms with Gasteiger partial charge in [0.05, 0.1) is 0 Å². The van der Waals surface area contributed by atoms with Gasteiger partial charge in [0.2, 0.25) is 0 Å². The number of rotatable bonds is 4. The molecule has 0 aliphatic carbocycles. The minimum absolute atomic E-state index is 0.307. The van der Waals surface area contributed by atoms with Crippen molar-refractivity contribution in [2.45, 2.75) is 20.0 Å². The van der Waals surface area contributed by atoms with E-state index in [9.17, 15) is 4.79 Å². The van der Waals surface area contributed by atoms with Gasteiger partial charge in [0.25, 0.3) is 0 Å². The molecule has 17 heavy (non-hydrogen) atoms. The lowest BCUT2D eigenvalue weighted by Crippen LogP contribution is -2.05. The Morgan fingerprint density at radius 3 is 2.47 bits per heavy atom. The van der Waals surface area contributed by atoms with Crippen molar-refractivity contribution in [3.05, 3.63) is 59.4 Å². The molecule has 2 aromatic rings. The standard InChI is InChI=1S/C14H15NO2/c1-2-11-5-7-12(8-6-11)10-17-14(16)13-4-3-9-15-13/h3-9,15H,2,10H2,1H3. The molecule has 0 amide bonds. The number of ether oxygens (including phenoxy) is 1. The number of carbonyl (C=O) groups excluding carboxylic acids is 1. The monoisotopic (exact) mass is 229 g/mol. The van der Waals surface area contributed by atoms with Gasteiger partial charge in [0.1, 0.15) is 12.3 Å². The quantitative estimate of drug-likeness (QED) is 0.819. The molecule has 0 aliphatic heterocycles. The summed E-state index contributed by atoms with van der Waals surface area (Å²) < 4.78 is 5.18. The number of benzene rings is 1. The van der Waals surface area contributed by atoms with Crippen LogP contribution in [0.5, 0.6) is 0 Å². The number of hydrogen-bond donors (Lipinski definition) is 1. The van der Waals surface area contributed by atoms with E-state index in [2.05, 4.69) is 24.0 Å². The average molecular weight is 229 g/mol. The molecule has 0 spiro atoms. The van der Waals surface area contributed by atoms with Crippen LogP contribution < -0.4 is 0 Å². The zero-order valence-corrected chi connectivity index (χ0v) is 9.77. The number of aromatic nitrogens is 1. The molecule has 0 saturated carbocycles. The first-order valence-corrected chi connectivity index (χ1v) is 5.68. The normalized spacial score (nSPS) is 10.2. The van der Waals surface area contributed by atoms with Crippen molar-refractivity contribution in [2.24, 2.45) is 0 Å². The van der Waals surface area contributed by atoms with E-state index < -0.39 is 0 Å². The maximum atomic E-state index is 11.5. The molecule has 0 fully saturated rings. The van der Waals surface area contributed by atoms with Crippen molar-refractivity contribution < 1.29 is 9.53 Å². The molecular weight excluding hydrogens is 214 g/mol. The van der Waals surface area contributed by atoms with Crippen LogP contribution in [0.15, 0.2) is 42.6 Å². The van der Waals surface area contributed by atoms with Gasteiger partial charge in [-0.3, -0.25) is 0 Å². The molecule has 3 nitrogen and oxygen atoms in total. The minimum atomic E-state index is -0.324. The van der Waals surface area contributed by atoms with Gasteiger partial charge in [-0.15, -0.1) is 0 Å². The van der Waals surface area contributed by atoms with Crippen LogP contribution in [0.2, 0.25) is 0 Å². The number of aromatic amines is 1. The third kappa shape index (κ3) is 2.97. The number of esters is 1. The van der Waals surface area contributed by atoms with Gasteiger partial charge >= 0.3 is 5.97 Å². The summed E-state index contributed by atoms with van der Waals surface area (Å²) in [7, 11) is 0. The van der Waals surface area contributed by atoms with Crippen LogP contribution in [0.4, 0.5) is 0 Å². The summed E-state index contributed by atoms with van der Waals surface area (Å²) in [6.45, 7) is 2.42. The second-order valence-corrected chi connectivity index (χ2v) is 3.83. The SMILES string of the molecule is CCc1ccc(COC(=O)c2ccc[nH]2)cc1. The number of nitrogens with one attached hydrogen (secondary N) is 1. The fourth-order valence-corrected chi connectivity index (χ4v) is 1.56. The molecule has 1 aromatic heterocycles. The Morgan fingerprint density at radius 2 is 1.88 bits per heavy atom. The van der Waals surface area contributed by atoms with Crippen LogP contribution in [-0.4, -0.2) is 11.0 Å². The largest absolute Gasteiger partial charge is 0.456 e. The molecule has 3 heteroatoms. The van der Waals surface area contributed by atoms with Crippen LogP contribution in [0, 0.1) is 0 Å². The summed E-state index contributed by atoms with van der Waals surface area (Å²) in [5.74, 6) is -0.324. The van der Waals surface area contributed by atoms with Gasteiger partial charge in [-0.2, -0.15) is 0 Å². The Labute approximate surface area is 100 Å². The van der Waals surface area contributed by atoms with Gasteiger partial charge in [-0.25, -0.2) is 4.79 Å². The topological polar surface area (TPSA) is 42.1 Å². The van der Waals surface area contributed by atoms with Crippen molar-refractivity contribution in [1.82, 2.24) is 4.98 Å². The van der Waals surface area contributed by atoms with E-state index in [1.807, 2.05) is 12.1 Å². The van der Waals surface area contributed by atoms with Gasteiger partial charge < -0.3 is 9.72 Å². The predicted molar refractivity (Wildman–Crippen MR) is 65.7 cm³/mol. The van der Waals surface area contributed by atoms with Crippen molar-refractivity contribution in [3.8, 4) is 0 Å². The van der Waals surface area contributed by atoms with Crippen LogP contribution in [0.3, 0.4) is 0 Å². The lowest BCUT2D eigenvalue weighted by molar-refractivity contribution is 0.0466. The lowest BCUT2D eigenvalue weighted by Gasteiger charge is -2.04. The summed E-state index contributed by atoms with van der Waals surface area (Å²) in [5, 5.41) is 0. The maximum Gasteiger partial charge on any atom is 0.355 e. The highest BCUT2D eigenvalue weighted by Gasteiger charge is 2.07. The summed E-state index contributed by atoms with van der Waals surface area (Å²) >= 11 is 0. The van der Waals surface area contributed by atoms with Gasteiger partial charge in [-0.05, 0) is 29.7 Å². The third-order valence-electron chi connectivity index (χ3n) is 2.62. The fraction of sp³-hybridized carbons (Fsp3) is 0.214. The highest BCUT2D eigenvalue weighted by Crippen LogP contribution is 2.07. The third-order valence-corrected chi connectivity index (χ3v) is 2.62. The van der Waals surface area contributed by atoms with E-state index in [-0.39, 0.29) is 5.97 Å². The molecule has 1 N–H and O–H groups in total. The molecule has 0 aliphatic rings. The maximum absolute atomic E-state index is 11.5. The zero-order valence-electron chi connectivity index (χ0n) is 9.77. The van der Waals surface area contributed by atoms with Crippen LogP contribution in [-0.2, 0) is 17.8 Å². The average Bonchev–Trinajstić information content (AvgIpc) is 2.90. The second-order valence-electron chi connectivity index (χ2n) is 3.83. The summed E-state index contributed by atoms with van der Waals surface area (Å²) in [5.41, 5.74) is 2.77. The molecular formula is C14H15NO2. The van der Waals surface area contributed by atoms with E-state index in [0.29, 0.717) is 12.3 Å². The molecule has 0 bridgehead atoms. The molecule has 2 rings (SSSR count). The molecule has 1 aromatic carbocycles. The number of H-pyrrole nitrogens is 1. The Bertz CT molecular complexity index is 471. The zero-order chi connectivity index (χ0) is 12.1. The van der Waals surface area contributed by atoms with E-state index in [1.165, 1.54) is 5.56 Å². The molecule has 0 unspecified atom stereocenters. The predicted octanol–water partition coefficient (Wildman–Crippen LogP) is 2.93. The van der Waals surface area contributed by atoms with Gasteiger partial charge in [-0.1, -0.05) is 31.2 Å². The Morgan fingerprint density at radius 1 is 1.18 bits per heavy atom. The summed E-state index contributed by atoms with van der Waals surface area (Å²) in [4.78, 5) is 14.4. The van der Waals surface area contributed by atoms with Crippen LogP contribution in [0.1, 0.15) is 28.5 Å². The summed E-state index contributed by atoms with van der Waals surface area (Å²) in [6, 6.07) is 11.5.